The van der Waals surface area contributed by atoms with Crippen LogP contribution in [0.2, 0.25) is 0 Å². The first-order valence-electron chi connectivity index (χ1n) is 5.75. The summed E-state index contributed by atoms with van der Waals surface area (Å²) in [6.45, 7) is 3.53. The van der Waals surface area contributed by atoms with Gasteiger partial charge in [-0.25, -0.2) is 12.8 Å². The van der Waals surface area contributed by atoms with Crippen molar-refractivity contribution in [3.63, 3.8) is 0 Å². The normalized spacial score (nSPS) is 11.5. The van der Waals surface area contributed by atoms with Crippen LogP contribution in [-0.2, 0) is 16.4 Å². The van der Waals surface area contributed by atoms with E-state index in [1.54, 1.807) is 13.0 Å². The lowest BCUT2D eigenvalue weighted by molar-refractivity contribution is 0.594. The SMILES string of the molecule is CCc1cc(NS(=O)(=O)c2cc(F)ccc2C)n[nH]1. The molecular weight excluding hydrogens is 269 g/mol. The van der Waals surface area contributed by atoms with Crippen LogP contribution in [0.5, 0.6) is 0 Å². The number of nitrogens with one attached hydrogen (secondary N) is 2. The average molecular weight is 283 g/mol. The topological polar surface area (TPSA) is 74.8 Å². The van der Waals surface area contributed by atoms with Crippen LogP contribution in [0.1, 0.15) is 18.2 Å². The van der Waals surface area contributed by atoms with E-state index < -0.39 is 15.8 Å². The summed E-state index contributed by atoms with van der Waals surface area (Å²) in [4.78, 5) is -0.0893. The van der Waals surface area contributed by atoms with E-state index in [0.717, 1.165) is 11.8 Å². The molecule has 2 aromatic rings. The summed E-state index contributed by atoms with van der Waals surface area (Å²) in [5.74, 6) is -0.400. The molecule has 0 aliphatic heterocycles. The molecule has 0 unspecified atom stereocenters. The lowest BCUT2D eigenvalue weighted by Gasteiger charge is -2.08. The van der Waals surface area contributed by atoms with E-state index in [0.29, 0.717) is 12.0 Å². The molecule has 0 saturated carbocycles. The number of nitrogens with zero attached hydrogens (tertiary/aromatic N) is 1. The molecule has 2 rings (SSSR count). The summed E-state index contributed by atoms with van der Waals surface area (Å²) in [6.07, 6.45) is 0.716. The van der Waals surface area contributed by atoms with Gasteiger partial charge in [0, 0.05) is 11.8 Å². The van der Waals surface area contributed by atoms with Crippen LogP contribution in [0.4, 0.5) is 10.2 Å². The number of benzene rings is 1. The van der Waals surface area contributed by atoms with Gasteiger partial charge >= 0.3 is 0 Å². The van der Waals surface area contributed by atoms with Gasteiger partial charge < -0.3 is 0 Å². The third-order valence-corrected chi connectivity index (χ3v) is 4.19. The van der Waals surface area contributed by atoms with E-state index in [1.165, 1.54) is 12.1 Å². The number of aryl methyl sites for hydroxylation is 2. The van der Waals surface area contributed by atoms with Gasteiger partial charge in [0.05, 0.1) is 4.90 Å². The third kappa shape index (κ3) is 2.93. The van der Waals surface area contributed by atoms with E-state index in [4.69, 9.17) is 0 Å². The van der Waals surface area contributed by atoms with E-state index in [-0.39, 0.29) is 10.7 Å². The number of hydrogen-bond donors (Lipinski definition) is 2. The Balaban J connectivity index is 2.34. The average Bonchev–Trinajstić information content (AvgIpc) is 2.79. The Morgan fingerprint density at radius 2 is 2.11 bits per heavy atom. The smallest absolute Gasteiger partial charge is 0.263 e. The first-order chi connectivity index (χ1) is 8.92. The number of H-pyrrole nitrogens is 1. The second kappa shape index (κ2) is 5.00. The zero-order chi connectivity index (χ0) is 14.0. The highest BCUT2D eigenvalue weighted by molar-refractivity contribution is 7.92. The van der Waals surface area contributed by atoms with Crippen LogP contribution in [-0.4, -0.2) is 18.6 Å². The Bertz CT molecular complexity index is 695. The highest BCUT2D eigenvalue weighted by Crippen LogP contribution is 2.19. The van der Waals surface area contributed by atoms with Gasteiger partial charge in [0.2, 0.25) is 0 Å². The Morgan fingerprint density at radius 1 is 1.37 bits per heavy atom. The lowest BCUT2D eigenvalue weighted by atomic mass is 10.2. The van der Waals surface area contributed by atoms with Gasteiger partial charge in [-0.05, 0) is 31.0 Å². The van der Waals surface area contributed by atoms with Gasteiger partial charge in [-0.3, -0.25) is 9.82 Å². The van der Waals surface area contributed by atoms with Crippen molar-refractivity contribution in [3.8, 4) is 0 Å². The number of rotatable bonds is 4. The summed E-state index contributed by atoms with van der Waals surface area (Å²) < 4.78 is 39.8. The fourth-order valence-corrected chi connectivity index (χ4v) is 2.90. The van der Waals surface area contributed by atoms with Crippen LogP contribution in [0.25, 0.3) is 0 Å². The first-order valence-corrected chi connectivity index (χ1v) is 7.24. The molecule has 0 atom stereocenters. The van der Waals surface area contributed by atoms with Crippen molar-refractivity contribution < 1.29 is 12.8 Å². The molecule has 1 heterocycles. The number of anilines is 1. The molecule has 0 aliphatic carbocycles. The van der Waals surface area contributed by atoms with Crippen molar-refractivity contribution >= 4 is 15.8 Å². The molecule has 0 bridgehead atoms. The van der Waals surface area contributed by atoms with Gasteiger partial charge in [-0.2, -0.15) is 5.10 Å². The third-order valence-electron chi connectivity index (χ3n) is 2.69. The lowest BCUT2D eigenvalue weighted by Crippen LogP contribution is -2.14. The molecule has 102 valence electrons. The Morgan fingerprint density at radius 3 is 2.74 bits per heavy atom. The molecule has 1 aromatic carbocycles. The van der Waals surface area contributed by atoms with Crippen molar-refractivity contribution in [2.24, 2.45) is 0 Å². The first kappa shape index (κ1) is 13.5. The maximum absolute atomic E-state index is 13.2. The quantitative estimate of drug-likeness (QED) is 0.903. The summed E-state index contributed by atoms with van der Waals surface area (Å²) in [5.41, 5.74) is 1.29. The van der Waals surface area contributed by atoms with Gasteiger partial charge in [-0.1, -0.05) is 13.0 Å². The fraction of sp³-hybridized carbons (Fsp3) is 0.250. The predicted octanol–water partition coefficient (Wildman–Crippen LogP) is 2.22. The van der Waals surface area contributed by atoms with E-state index >= 15 is 0 Å². The number of aromatic nitrogens is 2. The predicted molar refractivity (Wildman–Crippen MR) is 69.9 cm³/mol. The molecule has 1 aromatic heterocycles. The molecule has 0 spiro atoms. The van der Waals surface area contributed by atoms with Crippen molar-refractivity contribution in [1.29, 1.82) is 0 Å². The minimum Gasteiger partial charge on any atom is -0.280 e. The fourth-order valence-electron chi connectivity index (χ4n) is 1.65. The maximum Gasteiger partial charge on any atom is 0.263 e. The molecule has 19 heavy (non-hydrogen) atoms. The number of aromatic amines is 1. The second-order valence-electron chi connectivity index (χ2n) is 4.15. The van der Waals surface area contributed by atoms with E-state index in [2.05, 4.69) is 14.9 Å². The minimum atomic E-state index is -3.83. The molecule has 2 N–H and O–H groups in total. The highest BCUT2D eigenvalue weighted by atomic mass is 32.2. The molecule has 0 amide bonds. The Labute approximate surface area is 110 Å². The zero-order valence-electron chi connectivity index (χ0n) is 10.6. The zero-order valence-corrected chi connectivity index (χ0v) is 11.4. The van der Waals surface area contributed by atoms with Crippen molar-refractivity contribution in [3.05, 3.63) is 41.3 Å². The molecular formula is C12H14FN3O2S. The number of halogens is 1. The van der Waals surface area contributed by atoms with E-state index in [9.17, 15) is 12.8 Å². The second-order valence-corrected chi connectivity index (χ2v) is 5.80. The van der Waals surface area contributed by atoms with Gasteiger partial charge in [0.1, 0.15) is 5.82 Å². The molecule has 7 heteroatoms. The summed E-state index contributed by atoms with van der Waals surface area (Å²) in [7, 11) is -3.83. The van der Waals surface area contributed by atoms with Crippen LogP contribution in [0.15, 0.2) is 29.2 Å². The van der Waals surface area contributed by atoms with Crippen LogP contribution < -0.4 is 4.72 Å². The highest BCUT2D eigenvalue weighted by Gasteiger charge is 2.18. The molecule has 5 nitrogen and oxygen atoms in total. The summed E-state index contributed by atoms with van der Waals surface area (Å²) >= 11 is 0. The Hall–Kier alpha value is -1.89. The monoisotopic (exact) mass is 283 g/mol. The van der Waals surface area contributed by atoms with Crippen molar-refractivity contribution in [2.45, 2.75) is 25.2 Å². The number of hydrogen-bond acceptors (Lipinski definition) is 3. The largest absolute Gasteiger partial charge is 0.280 e. The summed E-state index contributed by atoms with van der Waals surface area (Å²) in [5, 5.41) is 6.55. The van der Waals surface area contributed by atoms with Gasteiger partial charge in [-0.15, -0.1) is 0 Å². The van der Waals surface area contributed by atoms with Gasteiger partial charge in [0.15, 0.2) is 5.82 Å². The van der Waals surface area contributed by atoms with Crippen LogP contribution in [0.3, 0.4) is 0 Å². The molecule has 0 fully saturated rings. The van der Waals surface area contributed by atoms with E-state index in [1.807, 2.05) is 6.92 Å². The van der Waals surface area contributed by atoms with Gasteiger partial charge in [0.25, 0.3) is 10.0 Å². The maximum atomic E-state index is 13.2. The number of sulfonamides is 1. The van der Waals surface area contributed by atoms with Crippen LogP contribution in [0, 0.1) is 12.7 Å². The van der Waals surface area contributed by atoms with Crippen molar-refractivity contribution in [1.82, 2.24) is 10.2 Å². The molecule has 0 saturated heterocycles. The molecule has 0 aliphatic rings. The molecule has 0 radical (unpaired) electrons. The minimum absolute atomic E-state index is 0.0893. The standard InChI is InChI=1S/C12H14FN3O2S/c1-3-10-7-12(15-14-10)16-19(17,18)11-6-9(13)5-4-8(11)2/h4-7H,3H2,1-2H3,(H2,14,15,16). The Kier molecular flexibility index (Phi) is 3.57. The van der Waals surface area contributed by atoms with Crippen molar-refractivity contribution in [2.75, 3.05) is 4.72 Å². The van der Waals surface area contributed by atoms with Crippen LogP contribution >= 0.6 is 0 Å². The summed E-state index contributed by atoms with van der Waals surface area (Å²) in [6, 6.07) is 5.24.